The summed E-state index contributed by atoms with van der Waals surface area (Å²) in [5.74, 6) is 1.03. The summed E-state index contributed by atoms with van der Waals surface area (Å²) in [6, 6.07) is 17.7. The van der Waals surface area contributed by atoms with Crippen molar-refractivity contribution in [3.8, 4) is 17.1 Å². The number of amides is 1. The van der Waals surface area contributed by atoms with Crippen molar-refractivity contribution in [3.05, 3.63) is 60.2 Å². The SMILES string of the molecule is CCCN(C(=O)CSc1nnc(-c2ccccc2)n1-c1ccc(C)cc1)[C@H]1CCS(=O)(=O)C1. The number of aromatic nitrogens is 3. The highest BCUT2D eigenvalue weighted by Crippen LogP contribution is 2.29. The number of rotatable bonds is 8. The number of benzene rings is 2. The van der Waals surface area contributed by atoms with Crippen molar-refractivity contribution in [1.82, 2.24) is 19.7 Å². The second-order valence-electron chi connectivity index (χ2n) is 8.28. The molecule has 1 aliphatic heterocycles. The quantitative estimate of drug-likeness (QED) is 0.453. The van der Waals surface area contributed by atoms with E-state index in [0.29, 0.717) is 23.9 Å². The Bertz CT molecular complexity index is 1210. The first-order valence-electron chi connectivity index (χ1n) is 11.1. The highest BCUT2D eigenvalue weighted by Gasteiger charge is 2.34. The lowest BCUT2D eigenvalue weighted by Crippen LogP contribution is -2.42. The lowest BCUT2D eigenvalue weighted by Gasteiger charge is -2.27. The monoisotopic (exact) mass is 484 g/mol. The smallest absolute Gasteiger partial charge is 0.233 e. The fourth-order valence-corrected chi connectivity index (χ4v) is 6.62. The number of hydrogen-bond acceptors (Lipinski definition) is 6. The summed E-state index contributed by atoms with van der Waals surface area (Å²) in [4.78, 5) is 14.9. The molecule has 1 amide bonds. The van der Waals surface area contributed by atoms with Crippen LogP contribution in [0.3, 0.4) is 0 Å². The van der Waals surface area contributed by atoms with Gasteiger partial charge in [-0.1, -0.05) is 66.7 Å². The molecule has 1 aromatic heterocycles. The Kier molecular flexibility index (Phi) is 7.19. The molecule has 9 heteroatoms. The molecule has 7 nitrogen and oxygen atoms in total. The number of thioether (sulfide) groups is 1. The van der Waals surface area contributed by atoms with Crippen molar-refractivity contribution in [1.29, 1.82) is 0 Å². The molecular weight excluding hydrogens is 456 g/mol. The Labute approximate surface area is 199 Å². The molecule has 0 saturated carbocycles. The standard InChI is InChI=1S/C24H28N4O3S2/c1-3-14-27(21-13-15-33(30,31)17-21)22(29)16-32-24-26-25-23(19-7-5-4-6-8-19)28(24)20-11-9-18(2)10-12-20/h4-12,21H,3,13-17H2,1-2H3/t21-/m0/s1. The first-order valence-corrected chi connectivity index (χ1v) is 13.9. The summed E-state index contributed by atoms with van der Waals surface area (Å²) < 4.78 is 25.9. The van der Waals surface area contributed by atoms with Gasteiger partial charge in [0.1, 0.15) is 0 Å². The Morgan fingerprint density at radius 1 is 1.12 bits per heavy atom. The van der Waals surface area contributed by atoms with Crippen molar-refractivity contribution in [2.24, 2.45) is 0 Å². The Hall–Kier alpha value is -2.65. The molecule has 0 spiro atoms. The maximum absolute atomic E-state index is 13.1. The Morgan fingerprint density at radius 3 is 2.48 bits per heavy atom. The minimum atomic E-state index is -3.06. The molecular formula is C24H28N4O3S2. The van der Waals surface area contributed by atoms with Crippen LogP contribution in [0, 0.1) is 6.92 Å². The maximum atomic E-state index is 13.1. The predicted molar refractivity (Wildman–Crippen MR) is 131 cm³/mol. The third-order valence-corrected chi connectivity index (χ3v) is 8.38. The van der Waals surface area contributed by atoms with Gasteiger partial charge in [0.05, 0.1) is 17.3 Å². The van der Waals surface area contributed by atoms with E-state index in [4.69, 9.17) is 0 Å². The molecule has 0 unspecified atom stereocenters. The Morgan fingerprint density at radius 2 is 1.85 bits per heavy atom. The number of carbonyl (C=O) groups excluding carboxylic acids is 1. The first kappa shape index (κ1) is 23.5. The van der Waals surface area contributed by atoms with Gasteiger partial charge in [-0.25, -0.2) is 8.42 Å². The largest absolute Gasteiger partial charge is 0.338 e. The van der Waals surface area contributed by atoms with E-state index in [1.165, 1.54) is 11.8 Å². The number of hydrogen-bond donors (Lipinski definition) is 0. The highest BCUT2D eigenvalue weighted by atomic mass is 32.2. The number of sulfone groups is 1. The number of aryl methyl sites for hydroxylation is 1. The summed E-state index contributed by atoms with van der Waals surface area (Å²) in [6.07, 6.45) is 1.29. The van der Waals surface area contributed by atoms with Crippen LogP contribution in [0.1, 0.15) is 25.3 Å². The van der Waals surface area contributed by atoms with Gasteiger partial charge in [0.15, 0.2) is 20.8 Å². The van der Waals surface area contributed by atoms with Crippen molar-refractivity contribution in [3.63, 3.8) is 0 Å². The molecule has 1 saturated heterocycles. The molecule has 2 aromatic carbocycles. The van der Waals surface area contributed by atoms with Crippen molar-refractivity contribution in [2.75, 3.05) is 23.8 Å². The van der Waals surface area contributed by atoms with Crippen LogP contribution in [-0.4, -0.2) is 63.8 Å². The van der Waals surface area contributed by atoms with E-state index in [9.17, 15) is 13.2 Å². The topological polar surface area (TPSA) is 85.2 Å². The second-order valence-corrected chi connectivity index (χ2v) is 11.4. The van der Waals surface area contributed by atoms with E-state index >= 15 is 0 Å². The van der Waals surface area contributed by atoms with Gasteiger partial charge in [-0.15, -0.1) is 10.2 Å². The van der Waals surface area contributed by atoms with Crippen LogP contribution in [0.2, 0.25) is 0 Å². The van der Waals surface area contributed by atoms with Crippen molar-refractivity contribution < 1.29 is 13.2 Å². The number of nitrogens with zero attached hydrogens (tertiary/aromatic N) is 4. The molecule has 3 aromatic rings. The third-order valence-electron chi connectivity index (χ3n) is 5.72. The van der Waals surface area contributed by atoms with E-state index in [1.54, 1.807) is 4.90 Å². The third kappa shape index (κ3) is 5.47. The zero-order valence-electron chi connectivity index (χ0n) is 18.8. The van der Waals surface area contributed by atoms with Gasteiger partial charge < -0.3 is 4.90 Å². The van der Waals surface area contributed by atoms with E-state index < -0.39 is 9.84 Å². The second kappa shape index (κ2) is 10.1. The molecule has 1 aliphatic rings. The normalized spacial score (nSPS) is 17.2. The summed E-state index contributed by atoms with van der Waals surface area (Å²) in [5, 5.41) is 9.45. The van der Waals surface area contributed by atoms with E-state index in [0.717, 1.165) is 23.2 Å². The van der Waals surface area contributed by atoms with Crippen LogP contribution in [-0.2, 0) is 14.6 Å². The van der Waals surface area contributed by atoms with Crippen molar-refractivity contribution in [2.45, 2.75) is 37.9 Å². The molecule has 4 rings (SSSR count). The Balaban J connectivity index is 1.59. The average Bonchev–Trinajstić information content (AvgIpc) is 3.40. The molecule has 0 aliphatic carbocycles. The van der Waals surface area contributed by atoms with Gasteiger partial charge in [-0.2, -0.15) is 0 Å². The molecule has 1 fully saturated rings. The summed E-state index contributed by atoms with van der Waals surface area (Å²) in [6.45, 7) is 4.59. The van der Waals surface area contributed by atoms with E-state index in [2.05, 4.69) is 10.2 Å². The van der Waals surface area contributed by atoms with Crippen molar-refractivity contribution >= 4 is 27.5 Å². The highest BCUT2D eigenvalue weighted by molar-refractivity contribution is 7.99. The molecule has 0 radical (unpaired) electrons. The fraction of sp³-hybridized carbons (Fsp3) is 0.375. The van der Waals surface area contributed by atoms with Gasteiger partial charge in [0.2, 0.25) is 5.91 Å². The summed E-state index contributed by atoms with van der Waals surface area (Å²) in [5.41, 5.74) is 3.01. The van der Waals surface area contributed by atoms with E-state index in [-0.39, 0.29) is 29.2 Å². The minimum absolute atomic E-state index is 0.0567. The predicted octanol–water partition coefficient (Wildman–Crippen LogP) is 3.76. The lowest BCUT2D eigenvalue weighted by molar-refractivity contribution is -0.130. The van der Waals surface area contributed by atoms with E-state index in [1.807, 2.05) is 73.0 Å². The zero-order valence-corrected chi connectivity index (χ0v) is 20.5. The van der Waals surface area contributed by atoms with Crippen LogP contribution in [0.4, 0.5) is 0 Å². The van der Waals surface area contributed by atoms with Gasteiger partial charge in [0.25, 0.3) is 0 Å². The number of carbonyl (C=O) groups is 1. The van der Waals surface area contributed by atoms with Crippen LogP contribution >= 0.6 is 11.8 Å². The molecule has 0 N–H and O–H groups in total. The molecule has 0 bridgehead atoms. The maximum Gasteiger partial charge on any atom is 0.233 e. The average molecular weight is 485 g/mol. The van der Waals surface area contributed by atoms with Gasteiger partial charge >= 0.3 is 0 Å². The van der Waals surface area contributed by atoms with Crippen LogP contribution < -0.4 is 0 Å². The van der Waals surface area contributed by atoms with Gasteiger partial charge in [0, 0.05) is 23.8 Å². The fourth-order valence-electron chi connectivity index (χ4n) is 4.05. The van der Waals surface area contributed by atoms with Gasteiger partial charge in [-0.3, -0.25) is 9.36 Å². The van der Waals surface area contributed by atoms with Crippen LogP contribution in [0.15, 0.2) is 59.8 Å². The molecule has 174 valence electrons. The van der Waals surface area contributed by atoms with Gasteiger partial charge in [-0.05, 0) is 31.9 Å². The van der Waals surface area contributed by atoms with Crippen LogP contribution in [0.5, 0.6) is 0 Å². The minimum Gasteiger partial charge on any atom is -0.338 e. The zero-order chi connectivity index (χ0) is 23.4. The summed E-state index contributed by atoms with van der Waals surface area (Å²) >= 11 is 1.33. The molecule has 1 atom stereocenters. The molecule has 33 heavy (non-hydrogen) atoms. The van der Waals surface area contributed by atoms with Crippen LogP contribution in [0.25, 0.3) is 17.1 Å². The first-order chi connectivity index (χ1) is 15.9. The summed E-state index contributed by atoms with van der Waals surface area (Å²) in [7, 11) is -3.06. The molecule has 2 heterocycles. The lowest BCUT2D eigenvalue weighted by atomic mass is 10.2.